The first-order chi connectivity index (χ1) is 8.06. The van der Waals surface area contributed by atoms with Crippen LogP contribution in [0.1, 0.15) is 79.1 Å². The van der Waals surface area contributed by atoms with Gasteiger partial charge in [0.25, 0.3) is 0 Å². The zero-order valence-corrected chi connectivity index (χ0v) is 12.3. The molecule has 0 aromatic carbocycles. The summed E-state index contributed by atoms with van der Waals surface area (Å²) in [7, 11) is 0. The molecule has 0 radical (unpaired) electrons. The lowest BCUT2D eigenvalue weighted by Crippen LogP contribution is -1.99. The van der Waals surface area contributed by atoms with Crippen LogP contribution >= 0.6 is 0 Å². The van der Waals surface area contributed by atoms with Gasteiger partial charge in [-0.1, -0.05) is 66.2 Å². The van der Waals surface area contributed by atoms with Crippen molar-refractivity contribution in [1.29, 1.82) is 5.26 Å². The highest BCUT2D eigenvalue weighted by molar-refractivity contribution is 4.70. The summed E-state index contributed by atoms with van der Waals surface area (Å²) in [4.78, 5) is 0. The summed E-state index contributed by atoms with van der Waals surface area (Å²) in [5.41, 5.74) is 0. The lowest BCUT2D eigenvalue weighted by Gasteiger charge is -2.14. The number of hydrogen-bond acceptors (Lipinski definition) is 1. The van der Waals surface area contributed by atoms with Gasteiger partial charge in [0.05, 0.1) is 6.07 Å². The minimum absolute atomic E-state index is 0.727. The average molecular weight is 237 g/mol. The molecule has 0 saturated heterocycles. The molecular weight excluding hydrogens is 206 g/mol. The van der Waals surface area contributed by atoms with Crippen LogP contribution in [0.2, 0.25) is 0 Å². The molecule has 0 aromatic heterocycles. The molecule has 17 heavy (non-hydrogen) atoms. The Balaban J connectivity index is 3.38. The molecule has 0 aliphatic heterocycles. The third-order valence-corrected chi connectivity index (χ3v) is 3.62. The summed E-state index contributed by atoms with van der Waals surface area (Å²) >= 11 is 0. The van der Waals surface area contributed by atoms with E-state index in [2.05, 4.69) is 33.8 Å². The van der Waals surface area contributed by atoms with E-state index in [1.807, 2.05) is 0 Å². The highest BCUT2D eigenvalue weighted by atomic mass is 14.2. The molecule has 0 rings (SSSR count). The Morgan fingerprint density at radius 3 is 1.71 bits per heavy atom. The molecule has 0 spiro atoms. The van der Waals surface area contributed by atoms with Crippen molar-refractivity contribution in [3.63, 3.8) is 0 Å². The van der Waals surface area contributed by atoms with E-state index in [4.69, 9.17) is 5.26 Å². The first-order valence-corrected chi connectivity index (χ1v) is 7.43. The van der Waals surface area contributed by atoms with Gasteiger partial charge >= 0.3 is 0 Å². The van der Waals surface area contributed by atoms with Crippen molar-refractivity contribution in [2.75, 3.05) is 0 Å². The van der Waals surface area contributed by atoms with E-state index in [0.717, 1.165) is 30.6 Å². The zero-order chi connectivity index (χ0) is 13.1. The summed E-state index contributed by atoms with van der Waals surface area (Å²) in [6.45, 7) is 9.28. The van der Waals surface area contributed by atoms with E-state index < -0.39 is 0 Å². The van der Waals surface area contributed by atoms with Crippen molar-refractivity contribution >= 4 is 0 Å². The molecule has 0 heterocycles. The molecule has 1 heteroatoms. The van der Waals surface area contributed by atoms with Crippen molar-refractivity contribution in [3.05, 3.63) is 0 Å². The van der Waals surface area contributed by atoms with Gasteiger partial charge in [-0.15, -0.1) is 0 Å². The van der Waals surface area contributed by atoms with Crippen LogP contribution in [0.4, 0.5) is 0 Å². The number of nitrogens with zero attached hydrogens (tertiary/aromatic N) is 1. The highest BCUT2D eigenvalue weighted by Crippen LogP contribution is 2.20. The molecule has 0 bridgehead atoms. The van der Waals surface area contributed by atoms with Gasteiger partial charge in [0.2, 0.25) is 0 Å². The zero-order valence-electron chi connectivity index (χ0n) is 12.3. The predicted octanol–water partition coefficient (Wildman–Crippen LogP) is 5.56. The second kappa shape index (κ2) is 10.6. The Bertz CT molecular complexity index is 202. The molecule has 0 aliphatic carbocycles. The Morgan fingerprint density at radius 2 is 1.24 bits per heavy atom. The lowest BCUT2D eigenvalue weighted by molar-refractivity contribution is 0.394. The van der Waals surface area contributed by atoms with Gasteiger partial charge in [0, 0.05) is 6.42 Å². The van der Waals surface area contributed by atoms with Crippen molar-refractivity contribution in [2.24, 2.45) is 17.8 Å². The maximum atomic E-state index is 8.52. The third-order valence-electron chi connectivity index (χ3n) is 3.62. The van der Waals surface area contributed by atoms with Crippen LogP contribution in [0.3, 0.4) is 0 Å². The van der Waals surface area contributed by atoms with Crippen LogP contribution in [0.5, 0.6) is 0 Å². The molecule has 0 amide bonds. The Labute approximate surface area is 109 Å². The number of hydrogen-bond donors (Lipinski definition) is 0. The molecule has 2 atom stereocenters. The van der Waals surface area contributed by atoms with Crippen molar-refractivity contribution in [3.8, 4) is 6.07 Å². The first-order valence-electron chi connectivity index (χ1n) is 7.43. The summed E-state index contributed by atoms with van der Waals surface area (Å²) in [5.74, 6) is 2.47. The quantitative estimate of drug-likeness (QED) is 0.488. The SMILES string of the molecule is CC(C)CCC[C@@H](C)CCC[C@@H](C)CCC#N. The molecule has 0 saturated carbocycles. The standard InChI is InChI=1S/C16H31N/c1-14(2)8-5-9-15(3)10-6-11-16(4)12-7-13-17/h14-16H,5-12H2,1-4H3/t15-,16-/m1/s1. The smallest absolute Gasteiger partial charge is 0.0621 e. The maximum absolute atomic E-state index is 8.52. The topological polar surface area (TPSA) is 23.8 Å². The van der Waals surface area contributed by atoms with Gasteiger partial charge < -0.3 is 0 Å². The summed E-state index contributed by atoms with van der Waals surface area (Å²) in [6.07, 6.45) is 9.99. The minimum Gasteiger partial charge on any atom is -0.198 e. The lowest BCUT2D eigenvalue weighted by atomic mass is 9.92. The van der Waals surface area contributed by atoms with Gasteiger partial charge in [0.15, 0.2) is 0 Å². The van der Waals surface area contributed by atoms with Gasteiger partial charge in [0.1, 0.15) is 0 Å². The minimum atomic E-state index is 0.727. The van der Waals surface area contributed by atoms with Crippen LogP contribution in [-0.2, 0) is 0 Å². The van der Waals surface area contributed by atoms with Crippen LogP contribution in [0, 0.1) is 29.1 Å². The molecule has 0 aliphatic rings. The van der Waals surface area contributed by atoms with E-state index in [9.17, 15) is 0 Å². The molecule has 100 valence electrons. The Hall–Kier alpha value is -0.510. The fraction of sp³-hybridized carbons (Fsp3) is 0.938. The predicted molar refractivity (Wildman–Crippen MR) is 75.7 cm³/mol. The normalized spacial score (nSPS) is 14.6. The highest BCUT2D eigenvalue weighted by Gasteiger charge is 2.06. The van der Waals surface area contributed by atoms with E-state index in [-0.39, 0.29) is 0 Å². The Kier molecular flexibility index (Phi) is 10.3. The number of nitriles is 1. The van der Waals surface area contributed by atoms with E-state index in [0.29, 0.717) is 0 Å². The second-order valence-corrected chi connectivity index (χ2v) is 6.16. The van der Waals surface area contributed by atoms with Gasteiger partial charge in [-0.25, -0.2) is 0 Å². The average Bonchev–Trinajstić information content (AvgIpc) is 2.25. The molecular formula is C16H31N. The molecule has 0 fully saturated rings. The summed E-state index contributed by atoms with van der Waals surface area (Å²) < 4.78 is 0. The van der Waals surface area contributed by atoms with Gasteiger partial charge in [-0.2, -0.15) is 5.26 Å². The maximum Gasteiger partial charge on any atom is 0.0621 e. The molecule has 0 unspecified atom stereocenters. The first kappa shape index (κ1) is 16.5. The molecule has 0 N–H and O–H groups in total. The molecule has 1 nitrogen and oxygen atoms in total. The summed E-state index contributed by atoms with van der Waals surface area (Å²) in [6, 6.07) is 2.24. The van der Waals surface area contributed by atoms with Crippen molar-refractivity contribution < 1.29 is 0 Å². The number of rotatable bonds is 10. The fourth-order valence-electron chi connectivity index (χ4n) is 2.29. The largest absolute Gasteiger partial charge is 0.198 e. The Morgan fingerprint density at radius 1 is 0.765 bits per heavy atom. The van der Waals surface area contributed by atoms with Crippen LogP contribution in [0.25, 0.3) is 0 Å². The monoisotopic (exact) mass is 237 g/mol. The van der Waals surface area contributed by atoms with Crippen LogP contribution < -0.4 is 0 Å². The van der Waals surface area contributed by atoms with Crippen molar-refractivity contribution in [1.82, 2.24) is 0 Å². The van der Waals surface area contributed by atoms with Crippen LogP contribution in [-0.4, -0.2) is 0 Å². The molecule has 0 aromatic rings. The van der Waals surface area contributed by atoms with Gasteiger partial charge in [-0.3, -0.25) is 0 Å². The second-order valence-electron chi connectivity index (χ2n) is 6.16. The van der Waals surface area contributed by atoms with Crippen molar-refractivity contribution in [2.45, 2.75) is 79.1 Å². The summed E-state index contributed by atoms with van der Waals surface area (Å²) in [5, 5.41) is 8.52. The fourth-order valence-corrected chi connectivity index (χ4v) is 2.29. The van der Waals surface area contributed by atoms with E-state index in [1.54, 1.807) is 0 Å². The third kappa shape index (κ3) is 11.7. The van der Waals surface area contributed by atoms with E-state index >= 15 is 0 Å². The van der Waals surface area contributed by atoms with Crippen LogP contribution in [0.15, 0.2) is 0 Å². The van der Waals surface area contributed by atoms with Gasteiger partial charge in [-0.05, 0) is 24.2 Å². The van der Waals surface area contributed by atoms with E-state index in [1.165, 1.54) is 38.5 Å².